The van der Waals surface area contributed by atoms with Crippen LogP contribution in [-0.2, 0) is 17.1 Å². The molecule has 0 aliphatic heterocycles. The summed E-state index contributed by atoms with van der Waals surface area (Å²) < 4.78 is 20.5. The standard InChI is InChI=1S/C19H44O5Si4/c1-8-25(9-2)22-28(23-26(10-3)11-4,24-27(12-5)13-6)17-15-14-16-18(7)19(20)21/h16,25-27H,8-15,17H2,1-7H3,(H,20,21). The van der Waals surface area contributed by atoms with Crippen molar-refractivity contribution in [1.29, 1.82) is 0 Å². The lowest BCUT2D eigenvalue weighted by atomic mass is 10.2. The van der Waals surface area contributed by atoms with Crippen LogP contribution in [0.4, 0.5) is 0 Å². The van der Waals surface area contributed by atoms with Gasteiger partial charge in [0.25, 0.3) is 0 Å². The molecule has 5 nitrogen and oxygen atoms in total. The highest BCUT2D eigenvalue weighted by molar-refractivity contribution is 6.81. The summed E-state index contributed by atoms with van der Waals surface area (Å²) in [6, 6.07) is 7.44. The topological polar surface area (TPSA) is 65.0 Å². The molecule has 0 unspecified atom stereocenters. The lowest BCUT2D eigenvalue weighted by Crippen LogP contribution is -2.55. The Morgan fingerprint density at radius 1 is 0.821 bits per heavy atom. The van der Waals surface area contributed by atoms with E-state index in [0.29, 0.717) is 5.57 Å². The Labute approximate surface area is 179 Å². The monoisotopic (exact) mass is 464 g/mol. The van der Waals surface area contributed by atoms with Crippen LogP contribution in [0.2, 0.25) is 42.3 Å². The molecule has 0 aromatic heterocycles. The second-order valence-corrected chi connectivity index (χ2v) is 20.8. The molecule has 0 spiro atoms. The highest BCUT2D eigenvalue weighted by Gasteiger charge is 2.44. The Bertz CT molecular complexity index is 414. The second-order valence-electron chi connectivity index (χ2n) is 7.44. The summed E-state index contributed by atoms with van der Waals surface area (Å²) in [6.07, 6.45) is 3.43. The van der Waals surface area contributed by atoms with Crippen LogP contribution in [-0.4, -0.2) is 47.0 Å². The quantitative estimate of drug-likeness (QED) is 0.185. The Morgan fingerprint density at radius 3 is 1.46 bits per heavy atom. The molecule has 1 N–H and O–H groups in total. The molecule has 0 bridgehead atoms. The maximum atomic E-state index is 11.0. The molecular formula is C19H44O5Si4. The fourth-order valence-corrected chi connectivity index (χ4v) is 19.2. The highest BCUT2D eigenvalue weighted by atomic mass is 28.5. The smallest absolute Gasteiger partial charge is 0.469 e. The third-order valence-electron chi connectivity index (χ3n) is 5.25. The van der Waals surface area contributed by atoms with Crippen LogP contribution in [0.25, 0.3) is 0 Å². The Morgan fingerprint density at radius 2 is 1.18 bits per heavy atom. The first-order valence-electron chi connectivity index (χ1n) is 11.2. The third-order valence-corrected chi connectivity index (χ3v) is 20.0. The number of rotatable bonds is 17. The SMILES string of the molecule is CC[SiH](CC)O[Si](CCCC=C(C)C(=O)O)(O[SiH](CC)CC)O[SiH](CC)CC. The van der Waals surface area contributed by atoms with Gasteiger partial charge in [-0.15, -0.1) is 0 Å². The number of carboxylic acid groups (broad SMARTS) is 1. The molecule has 0 fully saturated rings. The van der Waals surface area contributed by atoms with E-state index >= 15 is 0 Å². The van der Waals surface area contributed by atoms with Gasteiger partial charge in [-0.05, 0) is 56.0 Å². The summed E-state index contributed by atoms with van der Waals surface area (Å²) in [5, 5.41) is 9.07. The predicted octanol–water partition coefficient (Wildman–Crippen LogP) is 5.08. The van der Waals surface area contributed by atoms with Crippen LogP contribution in [0.3, 0.4) is 0 Å². The molecule has 0 radical (unpaired) electrons. The highest BCUT2D eigenvalue weighted by Crippen LogP contribution is 2.27. The van der Waals surface area contributed by atoms with Crippen LogP contribution in [0.5, 0.6) is 0 Å². The van der Waals surface area contributed by atoms with Gasteiger partial charge >= 0.3 is 14.8 Å². The van der Waals surface area contributed by atoms with Crippen molar-refractivity contribution in [3.05, 3.63) is 11.6 Å². The molecule has 166 valence electrons. The molecule has 0 rings (SSSR count). The van der Waals surface area contributed by atoms with Crippen molar-refractivity contribution in [2.45, 2.75) is 104 Å². The number of hydrogen-bond acceptors (Lipinski definition) is 4. The van der Waals surface area contributed by atoms with Crippen molar-refractivity contribution in [3.8, 4) is 0 Å². The molecule has 0 aliphatic rings. The van der Waals surface area contributed by atoms with E-state index in [9.17, 15) is 4.79 Å². The van der Waals surface area contributed by atoms with E-state index < -0.39 is 41.9 Å². The van der Waals surface area contributed by atoms with Crippen LogP contribution in [0, 0.1) is 0 Å². The molecule has 9 heteroatoms. The molecule has 0 aliphatic carbocycles. The van der Waals surface area contributed by atoms with Gasteiger partial charge in [0.2, 0.25) is 0 Å². The van der Waals surface area contributed by atoms with Gasteiger partial charge in [0.1, 0.15) is 0 Å². The lowest BCUT2D eigenvalue weighted by Gasteiger charge is -2.38. The number of hydrogen-bond donors (Lipinski definition) is 1. The van der Waals surface area contributed by atoms with Crippen molar-refractivity contribution < 1.29 is 22.2 Å². The molecule has 0 amide bonds. The van der Waals surface area contributed by atoms with Gasteiger partial charge in [0, 0.05) is 11.6 Å². The van der Waals surface area contributed by atoms with Crippen LogP contribution in [0.1, 0.15) is 61.3 Å². The average molecular weight is 465 g/mol. The van der Waals surface area contributed by atoms with Gasteiger partial charge in [-0.25, -0.2) is 4.79 Å². The second kappa shape index (κ2) is 15.8. The third kappa shape index (κ3) is 10.7. The van der Waals surface area contributed by atoms with E-state index in [2.05, 4.69) is 41.5 Å². The normalized spacial score (nSPS) is 13.1. The van der Waals surface area contributed by atoms with E-state index in [1.807, 2.05) is 6.08 Å². The van der Waals surface area contributed by atoms with Crippen molar-refractivity contribution in [1.82, 2.24) is 0 Å². The summed E-state index contributed by atoms with van der Waals surface area (Å²) in [4.78, 5) is 11.0. The molecule has 28 heavy (non-hydrogen) atoms. The molecular weight excluding hydrogens is 421 g/mol. The molecule has 0 heterocycles. The minimum absolute atomic E-state index is 0.410. The molecule has 0 atom stereocenters. The predicted molar refractivity (Wildman–Crippen MR) is 129 cm³/mol. The Balaban J connectivity index is 5.57. The number of carbonyl (C=O) groups is 1. The maximum Gasteiger partial charge on any atom is 0.469 e. The van der Waals surface area contributed by atoms with Gasteiger partial charge in [-0.2, -0.15) is 0 Å². The summed E-state index contributed by atoms with van der Waals surface area (Å²) in [5.74, 6) is -0.842. The molecule has 0 saturated carbocycles. The van der Waals surface area contributed by atoms with Crippen molar-refractivity contribution in [2.75, 3.05) is 0 Å². The zero-order chi connectivity index (χ0) is 21.6. The first-order valence-corrected chi connectivity index (χ1v) is 19.5. The lowest BCUT2D eigenvalue weighted by molar-refractivity contribution is -0.132. The Hall–Kier alpha value is -0.0425. The summed E-state index contributed by atoms with van der Waals surface area (Å²) in [5.41, 5.74) is 0.410. The van der Waals surface area contributed by atoms with Crippen LogP contribution in [0.15, 0.2) is 11.6 Å². The van der Waals surface area contributed by atoms with Crippen LogP contribution >= 0.6 is 0 Å². The number of carboxylic acids is 1. The van der Waals surface area contributed by atoms with E-state index in [1.54, 1.807) is 6.92 Å². The zero-order valence-corrected chi connectivity index (χ0v) is 23.7. The van der Waals surface area contributed by atoms with Crippen LogP contribution < -0.4 is 0 Å². The fraction of sp³-hybridized carbons (Fsp3) is 0.842. The van der Waals surface area contributed by atoms with Crippen molar-refractivity contribution in [3.63, 3.8) is 0 Å². The van der Waals surface area contributed by atoms with E-state index in [4.69, 9.17) is 17.5 Å². The minimum Gasteiger partial charge on any atom is -0.478 e. The van der Waals surface area contributed by atoms with Crippen molar-refractivity contribution >= 4 is 41.9 Å². The Kier molecular flexibility index (Phi) is 15.7. The van der Waals surface area contributed by atoms with E-state index in [0.717, 1.165) is 55.2 Å². The average Bonchev–Trinajstić information content (AvgIpc) is 2.71. The first kappa shape index (κ1) is 28.0. The number of unbranched alkanes of at least 4 members (excludes halogenated alkanes) is 1. The fourth-order valence-electron chi connectivity index (χ4n) is 3.11. The largest absolute Gasteiger partial charge is 0.478 e. The van der Waals surface area contributed by atoms with Gasteiger partial charge < -0.3 is 17.5 Å². The van der Waals surface area contributed by atoms with Crippen molar-refractivity contribution in [2.24, 2.45) is 0 Å². The molecule has 0 saturated heterocycles. The van der Waals surface area contributed by atoms with Gasteiger partial charge in [0.05, 0.1) is 0 Å². The van der Waals surface area contributed by atoms with E-state index in [1.165, 1.54) is 0 Å². The van der Waals surface area contributed by atoms with E-state index in [-0.39, 0.29) is 0 Å². The first-order chi connectivity index (χ1) is 13.3. The van der Waals surface area contributed by atoms with Gasteiger partial charge in [0.15, 0.2) is 27.1 Å². The molecule has 0 aromatic carbocycles. The summed E-state index contributed by atoms with van der Waals surface area (Å²) >= 11 is 0. The summed E-state index contributed by atoms with van der Waals surface area (Å²) in [7, 11) is -6.66. The summed E-state index contributed by atoms with van der Waals surface area (Å²) in [6.45, 7) is 15.0. The van der Waals surface area contributed by atoms with Gasteiger partial charge in [-0.3, -0.25) is 0 Å². The number of allylic oxidation sites excluding steroid dienone is 1. The van der Waals surface area contributed by atoms with Gasteiger partial charge in [-0.1, -0.05) is 47.6 Å². The minimum atomic E-state index is -2.70. The maximum absolute atomic E-state index is 11.0. The zero-order valence-electron chi connectivity index (χ0n) is 19.3. The molecule has 0 aromatic rings. The number of aliphatic carboxylic acids is 1.